The molecular weight excluding hydrogens is 256 g/mol. The maximum atomic E-state index is 11.3. The average molecular weight is 270 g/mol. The first-order chi connectivity index (χ1) is 9.59. The number of aryl methyl sites for hydroxylation is 1. The van der Waals surface area contributed by atoms with Gasteiger partial charge in [0, 0.05) is 0 Å². The van der Waals surface area contributed by atoms with Gasteiger partial charge < -0.3 is 14.1 Å². The van der Waals surface area contributed by atoms with Crippen LogP contribution < -0.4 is 0 Å². The van der Waals surface area contributed by atoms with Crippen molar-refractivity contribution < 1.29 is 14.3 Å². The molecule has 0 aliphatic heterocycles. The predicted octanol–water partition coefficient (Wildman–Crippen LogP) is 3.25. The van der Waals surface area contributed by atoms with E-state index in [4.69, 9.17) is 4.42 Å². The van der Waals surface area contributed by atoms with Gasteiger partial charge in [-0.1, -0.05) is 6.07 Å². The first kappa shape index (κ1) is 12.5. The fraction of sp³-hybridized carbons (Fsp3) is 0.200. The van der Waals surface area contributed by atoms with Crippen molar-refractivity contribution >= 4 is 17.0 Å². The predicted molar refractivity (Wildman–Crippen MR) is 74.0 cm³/mol. The summed E-state index contributed by atoms with van der Waals surface area (Å²) < 4.78 is 7.42. The fourth-order valence-electron chi connectivity index (χ4n) is 2.55. The highest BCUT2D eigenvalue weighted by Gasteiger charge is 2.20. The summed E-state index contributed by atoms with van der Waals surface area (Å²) in [6.45, 7) is 3.87. The number of hydrogen-bond acceptors (Lipinski definition) is 3. The van der Waals surface area contributed by atoms with Gasteiger partial charge in [0.05, 0.1) is 23.4 Å². The second-order valence-corrected chi connectivity index (χ2v) is 4.70. The van der Waals surface area contributed by atoms with Gasteiger partial charge in [-0.2, -0.15) is 0 Å². The van der Waals surface area contributed by atoms with Crippen molar-refractivity contribution in [1.29, 1.82) is 0 Å². The summed E-state index contributed by atoms with van der Waals surface area (Å²) in [5.74, 6) is 0.608. The minimum atomic E-state index is -0.967. The first-order valence-corrected chi connectivity index (χ1v) is 6.34. The molecule has 0 saturated carbocycles. The minimum Gasteiger partial charge on any atom is -0.478 e. The molecule has 0 aliphatic carbocycles. The van der Waals surface area contributed by atoms with Crippen LogP contribution in [-0.2, 0) is 0 Å². The number of carboxylic acid groups (broad SMARTS) is 1. The molecule has 1 atom stereocenters. The molecule has 0 fully saturated rings. The van der Waals surface area contributed by atoms with Crippen molar-refractivity contribution in [2.45, 2.75) is 19.9 Å². The number of carbonyl (C=O) groups is 1. The van der Waals surface area contributed by atoms with Crippen LogP contribution in [0.4, 0.5) is 0 Å². The Labute approximate surface area is 115 Å². The molecule has 102 valence electrons. The van der Waals surface area contributed by atoms with E-state index in [1.165, 1.54) is 0 Å². The Bertz CT molecular complexity index is 772. The van der Waals surface area contributed by atoms with Crippen LogP contribution in [0.5, 0.6) is 0 Å². The minimum absolute atomic E-state index is 0.0426. The van der Waals surface area contributed by atoms with Gasteiger partial charge in [-0.15, -0.1) is 0 Å². The molecule has 0 amide bonds. The second-order valence-electron chi connectivity index (χ2n) is 4.70. The van der Waals surface area contributed by atoms with E-state index in [9.17, 15) is 9.90 Å². The monoisotopic (exact) mass is 270 g/mol. The van der Waals surface area contributed by atoms with Gasteiger partial charge in [0.25, 0.3) is 0 Å². The Morgan fingerprint density at radius 3 is 2.80 bits per heavy atom. The summed E-state index contributed by atoms with van der Waals surface area (Å²) in [7, 11) is 0. The Morgan fingerprint density at radius 1 is 1.35 bits per heavy atom. The zero-order chi connectivity index (χ0) is 14.3. The van der Waals surface area contributed by atoms with E-state index in [0.29, 0.717) is 5.52 Å². The lowest BCUT2D eigenvalue weighted by Crippen LogP contribution is -2.07. The van der Waals surface area contributed by atoms with E-state index < -0.39 is 5.97 Å². The topological polar surface area (TPSA) is 68.3 Å². The summed E-state index contributed by atoms with van der Waals surface area (Å²) in [6, 6.07) is 8.87. The molecule has 1 unspecified atom stereocenters. The van der Waals surface area contributed by atoms with Gasteiger partial charge in [0.2, 0.25) is 0 Å². The largest absolute Gasteiger partial charge is 0.478 e. The average Bonchev–Trinajstić information content (AvgIpc) is 3.03. The molecule has 3 rings (SSSR count). The van der Waals surface area contributed by atoms with Crippen LogP contribution in [-0.4, -0.2) is 20.6 Å². The molecule has 2 aromatic heterocycles. The second kappa shape index (κ2) is 4.52. The standard InChI is InChI=1S/C15H14N2O3/c1-9(13-7-4-8-20-13)17-10(2)16-14-11(15(18)19)5-3-6-12(14)17/h3-9H,1-2H3,(H,18,19). The molecular formula is C15H14N2O3. The fourth-order valence-corrected chi connectivity index (χ4v) is 2.55. The summed E-state index contributed by atoms with van der Waals surface area (Å²) in [5, 5.41) is 9.24. The van der Waals surface area contributed by atoms with Crippen LogP contribution in [0.3, 0.4) is 0 Å². The maximum Gasteiger partial charge on any atom is 0.337 e. The van der Waals surface area contributed by atoms with Crippen LogP contribution in [0.1, 0.15) is 34.9 Å². The van der Waals surface area contributed by atoms with E-state index in [1.807, 2.05) is 36.6 Å². The summed E-state index contributed by atoms with van der Waals surface area (Å²) in [6.07, 6.45) is 1.63. The number of nitrogens with zero attached hydrogens (tertiary/aromatic N) is 2. The molecule has 5 heteroatoms. The molecule has 5 nitrogen and oxygen atoms in total. The maximum absolute atomic E-state index is 11.3. The van der Waals surface area contributed by atoms with Crippen LogP contribution in [0.25, 0.3) is 11.0 Å². The van der Waals surface area contributed by atoms with Crippen molar-refractivity contribution in [3.05, 3.63) is 53.7 Å². The lowest BCUT2D eigenvalue weighted by Gasteiger charge is -2.14. The number of furan rings is 1. The highest BCUT2D eigenvalue weighted by atomic mass is 16.4. The quantitative estimate of drug-likeness (QED) is 0.793. The van der Waals surface area contributed by atoms with Crippen molar-refractivity contribution in [3.8, 4) is 0 Å². The van der Waals surface area contributed by atoms with Gasteiger partial charge in [-0.3, -0.25) is 0 Å². The zero-order valence-electron chi connectivity index (χ0n) is 11.2. The SMILES string of the molecule is Cc1nc2c(C(=O)O)cccc2n1C(C)c1ccco1. The number of aromatic nitrogens is 2. The van der Waals surface area contributed by atoms with Gasteiger partial charge in [0.15, 0.2) is 0 Å². The Balaban J connectivity index is 2.24. The number of carboxylic acids is 1. The summed E-state index contributed by atoms with van der Waals surface area (Å²) in [4.78, 5) is 15.7. The van der Waals surface area contributed by atoms with Crippen LogP contribution in [0.15, 0.2) is 41.0 Å². The van der Waals surface area contributed by atoms with E-state index in [-0.39, 0.29) is 11.6 Å². The molecule has 3 aromatic rings. The van der Waals surface area contributed by atoms with Gasteiger partial charge in [0.1, 0.15) is 17.1 Å². The third-order valence-corrected chi connectivity index (χ3v) is 3.47. The van der Waals surface area contributed by atoms with E-state index >= 15 is 0 Å². The highest BCUT2D eigenvalue weighted by molar-refractivity contribution is 6.01. The number of fused-ring (bicyclic) bond motifs is 1. The van der Waals surface area contributed by atoms with E-state index in [0.717, 1.165) is 17.1 Å². The summed E-state index contributed by atoms with van der Waals surface area (Å²) in [5.41, 5.74) is 1.53. The lowest BCUT2D eigenvalue weighted by atomic mass is 10.1. The molecule has 1 aromatic carbocycles. The highest BCUT2D eigenvalue weighted by Crippen LogP contribution is 2.27. The van der Waals surface area contributed by atoms with Crippen molar-refractivity contribution in [2.24, 2.45) is 0 Å². The van der Waals surface area contributed by atoms with Crippen molar-refractivity contribution in [3.63, 3.8) is 0 Å². The molecule has 2 heterocycles. The normalized spacial score (nSPS) is 12.7. The Kier molecular flexibility index (Phi) is 2.82. The number of para-hydroxylation sites is 1. The van der Waals surface area contributed by atoms with Gasteiger partial charge in [-0.25, -0.2) is 9.78 Å². The van der Waals surface area contributed by atoms with E-state index in [1.54, 1.807) is 18.4 Å². The molecule has 0 bridgehead atoms. The number of rotatable bonds is 3. The number of hydrogen-bond donors (Lipinski definition) is 1. The lowest BCUT2D eigenvalue weighted by molar-refractivity contribution is 0.0699. The molecule has 1 N–H and O–H groups in total. The number of benzene rings is 1. The van der Waals surface area contributed by atoms with Crippen molar-refractivity contribution in [2.75, 3.05) is 0 Å². The van der Waals surface area contributed by atoms with Gasteiger partial charge >= 0.3 is 5.97 Å². The smallest absolute Gasteiger partial charge is 0.337 e. The molecule has 0 saturated heterocycles. The van der Waals surface area contributed by atoms with Crippen LogP contribution >= 0.6 is 0 Å². The number of aromatic carboxylic acids is 1. The third-order valence-electron chi connectivity index (χ3n) is 3.47. The Hall–Kier alpha value is -2.56. The van der Waals surface area contributed by atoms with Crippen LogP contribution in [0, 0.1) is 6.92 Å². The van der Waals surface area contributed by atoms with Crippen LogP contribution in [0.2, 0.25) is 0 Å². The molecule has 0 aliphatic rings. The van der Waals surface area contributed by atoms with E-state index in [2.05, 4.69) is 4.98 Å². The van der Waals surface area contributed by atoms with Crippen molar-refractivity contribution in [1.82, 2.24) is 9.55 Å². The Morgan fingerprint density at radius 2 is 2.15 bits per heavy atom. The zero-order valence-corrected chi connectivity index (χ0v) is 11.2. The first-order valence-electron chi connectivity index (χ1n) is 6.34. The molecule has 20 heavy (non-hydrogen) atoms. The third kappa shape index (κ3) is 1.79. The number of imidazole rings is 1. The molecule has 0 radical (unpaired) electrons. The molecule has 0 spiro atoms. The summed E-state index contributed by atoms with van der Waals surface area (Å²) >= 11 is 0. The van der Waals surface area contributed by atoms with Gasteiger partial charge in [-0.05, 0) is 38.1 Å².